The Morgan fingerprint density at radius 3 is 2.29 bits per heavy atom. The van der Waals surface area contributed by atoms with Gasteiger partial charge in [-0.1, -0.05) is 13.8 Å². The minimum Gasteiger partial charge on any atom is -0.399 e. The SMILES string of the molecule is CC(C)CCC(C)NC(=O)c1ccc(N)cc1. The number of rotatable bonds is 5. The van der Waals surface area contributed by atoms with Gasteiger partial charge in [0.05, 0.1) is 0 Å². The second-order valence-electron chi connectivity index (χ2n) is 4.97. The van der Waals surface area contributed by atoms with E-state index in [-0.39, 0.29) is 11.9 Å². The Kier molecular flexibility index (Phi) is 5.01. The zero-order valence-electron chi connectivity index (χ0n) is 10.9. The molecule has 0 fully saturated rings. The normalized spacial score (nSPS) is 12.5. The molecule has 1 amide bonds. The van der Waals surface area contributed by atoms with Gasteiger partial charge in [0.15, 0.2) is 0 Å². The number of carbonyl (C=O) groups is 1. The number of hydrogen-bond acceptors (Lipinski definition) is 2. The third-order valence-corrected chi connectivity index (χ3v) is 2.73. The molecule has 0 aliphatic carbocycles. The van der Waals surface area contributed by atoms with Gasteiger partial charge in [-0.15, -0.1) is 0 Å². The highest BCUT2D eigenvalue weighted by Gasteiger charge is 2.09. The Hall–Kier alpha value is -1.51. The summed E-state index contributed by atoms with van der Waals surface area (Å²) in [6.07, 6.45) is 2.14. The summed E-state index contributed by atoms with van der Waals surface area (Å²) in [6, 6.07) is 7.20. The Bertz CT molecular complexity index is 357. The van der Waals surface area contributed by atoms with Crippen molar-refractivity contribution >= 4 is 11.6 Å². The molecule has 0 saturated carbocycles. The van der Waals surface area contributed by atoms with Crippen molar-refractivity contribution in [3.8, 4) is 0 Å². The summed E-state index contributed by atoms with van der Waals surface area (Å²) in [6.45, 7) is 6.42. The fourth-order valence-corrected chi connectivity index (χ4v) is 1.60. The number of nitrogens with two attached hydrogens (primary N) is 1. The van der Waals surface area contributed by atoms with Gasteiger partial charge < -0.3 is 11.1 Å². The van der Waals surface area contributed by atoms with Gasteiger partial charge in [-0.05, 0) is 49.9 Å². The van der Waals surface area contributed by atoms with Crippen molar-refractivity contribution in [1.29, 1.82) is 0 Å². The number of nitrogens with one attached hydrogen (secondary N) is 1. The molecule has 3 heteroatoms. The van der Waals surface area contributed by atoms with E-state index in [9.17, 15) is 4.79 Å². The lowest BCUT2D eigenvalue weighted by atomic mass is 10.0. The molecule has 0 heterocycles. The van der Waals surface area contributed by atoms with Gasteiger partial charge in [-0.2, -0.15) is 0 Å². The Morgan fingerprint density at radius 1 is 1.18 bits per heavy atom. The smallest absolute Gasteiger partial charge is 0.251 e. The quantitative estimate of drug-likeness (QED) is 0.770. The molecule has 0 saturated heterocycles. The van der Waals surface area contributed by atoms with Crippen molar-refractivity contribution in [3.05, 3.63) is 29.8 Å². The lowest BCUT2D eigenvalue weighted by Crippen LogP contribution is -2.32. The van der Waals surface area contributed by atoms with Crippen LogP contribution in [0.4, 0.5) is 5.69 Å². The summed E-state index contributed by atoms with van der Waals surface area (Å²) in [5.41, 5.74) is 6.92. The van der Waals surface area contributed by atoms with E-state index >= 15 is 0 Å². The van der Waals surface area contributed by atoms with Gasteiger partial charge in [0, 0.05) is 17.3 Å². The largest absolute Gasteiger partial charge is 0.399 e. The van der Waals surface area contributed by atoms with Crippen LogP contribution >= 0.6 is 0 Å². The van der Waals surface area contributed by atoms with Crippen LogP contribution in [0.1, 0.15) is 44.0 Å². The minimum atomic E-state index is -0.0266. The fourth-order valence-electron chi connectivity index (χ4n) is 1.60. The van der Waals surface area contributed by atoms with E-state index in [1.807, 2.05) is 6.92 Å². The number of hydrogen-bond donors (Lipinski definition) is 2. The van der Waals surface area contributed by atoms with Crippen molar-refractivity contribution < 1.29 is 4.79 Å². The minimum absolute atomic E-state index is 0.0266. The summed E-state index contributed by atoms with van der Waals surface area (Å²) in [5.74, 6) is 0.645. The number of anilines is 1. The lowest BCUT2D eigenvalue weighted by Gasteiger charge is -2.15. The van der Waals surface area contributed by atoms with Crippen LogP contribution in [-0.4, -0.2) is 11.9 Å². The molecule has 3 nitrogen and oxygen atoms in total. The summed E-state index contributed by atoms with van der Waals surface area (Å²) < 4.78 is 0. The Balaban J connectivity index is 2.46. The molecule has 1 unspecified atom stereocenters. The summed E-state index contributed by atoms with van der Waals surface area (Å²) in [7, 11) is 0. The van der Waals surface area contributed by atoms with Crippen LogP contribution in [0.25, 0.3) is 0 Å². The van der Waals surface area contributed by atoms with Crippen LogP contribution in [0.5, 0.6) is 0 Å². The molecule has 0 aliphatic heterocycles. The molecular formula is C14H22N2O. The molecule has 94 valence electrons. The predicted molar refractivity (Wildman–Crippen MR) is 71.9 cm³/mol. The van der Waals surface area contributed by atoms with Gasteiger partial charge in [0.2, 0.25) is 0 Å². The van der Waals surface area contributed by atoms with Crippen molar-refractivity contribution in [2.24, 2.45) is 5.92 Å². The number of carbonyl (C=O) groups excluding carboxylic acids is 1. The first kappa shape index (κ1) is 13.6. The third-order valence-electron chi connectivity index (χ3n) is 2.73. The topological polar surface area (TPSA) is 55.1 Å². The molecule has 1 atom stereocenters. The van der Waals surface area contributed by atoms with Crippen LogP contribution in [0.15, 0.2) is 24.3 Å². The molecule has 0 aliphatic rings. The molecule has 0 aromatic heterocycles. The van der Waals surface area contributed by atoms with E-state index < -0.39 is 0 Å². The monoisotopic (exact) mass is 234 g/mol. The van der Waals surface area contributed by atoms with Gasteiger partial charge >= 0.3 is 0 Å². The first-order chi connectivity index (χ1) is 7.99. The summed E-state index contributed by atoms with van der Waals surface area (Å²) in [5, 5.41) is 2.99. The zero-order valence-corrected chi connectivity index (χ0v) is 10.9. The predicted octanol–water partition coefficient (Wildman–Crippen LogP) is 2.82. The lowest BCUT2D eigenvalue weighted by molar-refractivity contribution is 0.0937. The van der Waals surface area contributed by atoms with E-state index in [4.69, 9.17) is 5.73 Å². The zero-order chi connectivity index (χ0) is 12.8. The molecule has 1 rings (SSSR count). The second kappa shape index (κ2) is 6.28. The molecular weight excluding hydrogens is 212 g/mol. The maximum atomic E-state index is 11.9. The third kappa shape index (κ3) is 4.89. The van der Waals surface area contributed by atoms with E-state index in [1.165, 1.54) is 0 Å². The van der Waals surface area contributed by atoms with E-state index in [1.54, 1.807) is 24.3 Å². The molecule has 1 aromatic carbocycles. The van der Waals surface area contributed by atoms with Crippen LogP contribution in [0.2, 0.25) is 0 Å². The number of benzene rings is 1. The van der Waals surface area contributed by atoms with E-state index in [2.05, 4.69) is 19.2 Å². The highest BCUT2D eigenvalue weighted by atomic mass is 16.1. The summed E-state index contributed by atoms with van der Waals surface area (Å²) in [4.78, 5) is 11.9. The summed E-state index contributed by atoms with van der Waals surface area (Å²) >= 11 is 0. The van der Waals surface area contributed by atoms with Crippen LogP contribution < -0.4 is 11.1 Å². The first-order valence-electron chi connectivity index (χ1n) is 6.15. The maximum absolute atomic E-state index is 11.9. The van der Waals surface area contributed by atoms with Crippen LogP contribution in [0, 0.1) is 5.92 Å². The van der Waals surface area contributed by atoms with Crippen molar-refractivity contribution in [1.82, 2.24) is 5.32 Å². The average Bonchev–Trinajstić information content (AvgIpc) is 2.27. The van der Waals surface area contributed by atoms with Gasteiger partial charge in [-0.25, -0.2) is 0 Å². The molecule has 0 bridgehead atoms. The van der Waals surface area contributed by atoms with E-state index in [0.29, 0.717) is 17.2 Å². The number of amides is 1. The van der Waals surface area contributed by atoms with Crippen LogP contribution in [0.3, 0.4) is 0 Å². The number of nitrogen functional groups attached to an aromatic ring is 1. The maximum Gasteiger partial charge on any atom is 0.251 e. The highest BCUT2D eigenvalue weighted by molar-refractivity contribution is 5.94. The Labute approximate surface area is 103 Å². The van der Waals surface area contributed by atoms with Crippen LogP contribution in [-0.2, 0) is 0 Å². The van der Waals surface area contributed by atoms with Gasteiger partial charge in [0.1, 0.15) is 0 Å². The highest BCUT2D eigenvalue weighted by Crippen LogP contribution is 2.09. The standard InChI is InChI=1S/C14H22N2O/c1-10(2)4-5-11(3)16-14(17)12-6-8-13(15)9-7-12/h6-11H,4-5,15H2,1-3H3,(H,16,17). The van der Waals surface area contributed by atoms with Crippen molar-refractivity contribution in [3.63, 3.8) is 0 Å². The molecule has 1 aromatic rings. The molecule has 3 N–H and O–H groups in total. The molecule has 0 radical (unpaired) electrons. The van der Waals surface area contributed by atoms with Gasteiger partial charge in [-0.3, -0.25) is 4.79 Å². The average molecular weight is 234 g/mol. The second-order valence-corrected chi connectivity index (χ2v) is 4.97. The van der Waals surface area contributed by atoms with E-state index in [0.717, 1.165) is 12.8 Å². The molecule has 0 spiro atoms. The Morgan fingerprint density at radius 2 is 1.76 bits per heavy atom. The first-order valence-corrected chi connectivity index (χ1v) is 6.15. The van der Waals surface area contributed by atoms with Crippen molar-refractivity contribution in [2.45, 2.75) is 39.7 Å². The van der Waals surface area contributed by atoms with Crippen molar-refractivity contribution in [2.75, 3.05) is 5.73 Å². The molecule has 17 heavy (non-hydrogen) atoms. The fraction of sp³-hybridized carbons (Fsp3) is 0.500. The van der Waals surface area contributed by atoms with Gasteiger partial charge in [0.25, 0.3) is 5.91 Å².